The van der Waals surface area contributed by atoms with E-state index in [-0.39, 0.29) is 68.8 Å². The van der Waals surface area contributed by atoms with Crippen LogP contribution < -0.4 is 31.2 Å². The summed E-state index contributed by atoms with van der Waals surface area (Å²) in [5.41, 5.74) is 4.90. The van der Waals surface area contributed by atoms with Crippen LogP contribution in [0.4, 0.5) is 11.6 Å². The lowest BCUT2D eigenvalue weighted by Crippen LogP contribution is -2.32. The second-order valence-corrected chi connectivity index (χ2v) is 26.2. The Kier molecular flexibility index (Phi) is 17.0. The molecular weight excluding hydrogens is 1160 g/mol. The van der Waals surface area contributed by atoms with Crippen molar-refractivity contribution in [2.24, 2.45) is 0 Å². The average molecular weight is 1220 g/mol. The molecule has 0 bridgehead atoms. The van der Waals surface area contributed by atoms with E-state index in [0.29, 0.717) is 70.4 Å². The largest absolute Gasteiger partial charge is 0.480 e. The molecule has 0 atom stereocenters. The lowest BCUT2D eigenvalue weighted by molar-refractivity contribution is 0.392. The number of anilines is 2. The molecule has 22 nitrogen and oxygen atoms in total. The van der Waals surface area contributed by atoms with Gasteiger partial charge in [-0.15, -0.1) is 0 Å². The highest BCUT2D eigenvalue weighted by Crippen LogP contribution is 2.47. The fraction of sp³-hybridized carbons (Fsp3) is 0.407. The number of halogens is 2. The minimum atomic E-state index is -3.28. The van der Waals surface area contributed by atoms with Crippen molar-refractivity contribution in [3.8, 4) is 23.1 Å². The van der Waals surface area contributed by atoms with Crippen molar-refractivity contribution in [3.05, 3.63) is 127 Å². The van der Waals surface area contributed by atoms with Crippen LogP contribution in [0.2, 0.25) is 5.28 Å². The Morgan fingerprint density at radius 2 is 1.05 bits per heavy atom. The van der Waals surface area contributed by atoms with Gasteiger partial charge in [-0.2, -0.15) is 4.98 Å². The van der Waals surface area contributed by atoms with E-state index in [1.54, 1.807) is 98.3 Å². The molecule has 8 aromatic rings. The predicted molar refractivity (Wildman–Crippen MR) is 311 cm³/mol. The number of hydrogen-bond acceptors (Lipinski definition) is 20. The number of nitrogens with one attached hydrogen (secondary N) is 2. The van der Waals surface area contributed by atoms with E-state index in [0.717, 1.165) is 65.5 Å². The van der Waals surface area contributed by atoms with Gasteiger partial charge in [0.25, 0.3) is 11.1 Å². The van der Waals surface area contributed by atoms with Crippen LogP contribution in [-0.4, -0.2) is 110 Å². The fourth-order valence-corrected chi connectivity index (χ4v) is 11.6. The number of nitrogens with zero attached hydrogens (tertiary/aromatic N) is 12. The summed E-state index contributed by atoms with van der Waals surface area (Å²) in [5, 5.41) is 6.28. The van der Waals surface area contributed by atoms with Crippen LogP contribution in [0.15, 0.2) is 97.4 Å². The number of aromatic nitrogens is 12. The van der Waals surface area contributed by atoms with Crippen LogP contribution in [0.3, 0.4) is 0 Å². The molecular formula is C54H58BBrClN14O8S2. The Hall–Kier alpha value is -7.03. The maximum atomic E-state index is 13.7. The Labute approximate surface area is 483 Å². The summed E-state index contributed by atoms with van der Waals surface area (Å²) in [4.78, 5) is 70.9. The van der Waals surface area contributed by atoms with Crippen molar-refractivity contribution >= 4 is 89.6 Å². The molecule has 3 radical (unpaired) electrons. The van der Waals surface area contributed by atoms with E-state index < -0.39 is 19.7 Å². The monoisotopic (exact) mass is 1220 g/mol. The fourth-order valence-electron chi connectivity index (χ4n) is 9.00. The van der Waals surface area contributed by atoms with Crippen LogP contribution in [-0.2, 0) is 43.8 Å². The van der Waals surface area contributed by atoms with Crippen molar-refractivity contribution in [1.82, 2.24) is 59.0 Å². The highest BCUT2D eigenvalue weighted by atomic mass is 79.9. The van der Waals surface area contributed by atoms with Crippen molar-refractivity contribution < 1.29 is 26.3 Å². The van der Waals surface area contributed by atoms with Crippen LogP contribution in [0.1, 0.15) is 113 Å². The molecule has 0 amide bonds. The van der Waals surface area contributed by atoms with Crippen molar-refractivity contribution in [2.75, 3.05) is 36.4 Å². The first-order valence-corrected chi connectivity index (χ1v) is 30.6. The molecule has 4 fully saturated rings. The Balaban J connectivity index is 0.000000165. The zero-order valence-corrected chi connectivity index (χ0v) is 49.3. The van der Waals surface area contributed by atoms with Gasteiger partial charge in [0.1, 0.15) is 33.7 Å². The Morgan fingerprint density at radius 3 is 1.49 bits per heavy atom. The summed E-state index contributed by atoms with van der Waals surface area (Å²) in [7, 11) is -3.35. The quantitative estimate of drug-likeness (QED) is 0.0646. The molecule has 0 aliphatic heterocycles. The van der Waals surface area contributed by atoms with Gasteiger partial charge in [-0.25, -0.2) is 61.7 Å². The summed E-state index contributed by atoms with van der Waals surface area (Å²) in [5.74, 6) is 2.86. The molecule has 6 heterocycles. The zero-order valence-electron chi connectivity index (χ0n) is 45.4. The van der Waals surface area contributed by atoms with Gasteiger partial charge >= 0.3 is 0 Å². The molecule has 27 heteroatoms. The van der Waals surface area contributed by atoms with E-state index in [4.69, 9.17) is 26.1 Å². The molecule has 2 N–H and O–H groups in total. The maximum Gasteiger partial charge on any atom is 0.295 e. The number of benzene rings is 2. The predicted octanol–water partition coefficient (Wildman–Crippen LogP) is 7.94. The number of ether oxygens (including phenoxy) is 2. The van der Waals surface area contributed by atoms with Gasteiger partial charge in [0.05, 0.1) is 59.3 Å². The molecule has 4 aliphatic carbocycles. The summed E-state index contributed by atoms with van der Waals surface area (Å²) in [6.07, 6.45) is 14.2. The van der Waals surface area contributed by atoms with Gasteiger partial charge in [0.2, 0.25) is 17.0 Å². The van der Waals surface area contributed by atoms with Crippen LogP contribution in [0.5, 0.6) is 11.8 Å². The number of hydrogen-bond donors (Lipinski definition) is 2. The lowest BCUT2D eigenvalue weighted by atomic mass is 10.1. The molecule has 2 aromatic carbocycles. The number of rotatable bonds is 17. The van der Waals surface area contributed by atoms with Crippen LogP contribution in [0, 0.1) is 0 Å². The summed E-state index contributed by atoms with van der Waals surface area (Å²) >= 11 is 9.36. The van der Waals surface area contributed by atoms with Gasteiger partial charge in [-0.05, 0) is 128 Å². The number of sulfone groups is 2. The van der Waals surface area contributed by atoms with E-state index in [9.17, 15) is 26.4 Å². The second kappa shape index (κ2) is 23.4. The zero-order chi connectivity index (χ0) is 56.7. The molecule has 421 valence electrons. The van der Waals surface area contributed by atoms with Crippen LogP contribution >= 0.6 is 27.5 Å². The van der Waals surface area contributed by atoms with Crippen LogP contribution in [0.25, 0.3) is 33.7 Å². The molecule has 12 rings (SSSR count). The second-order valence-electron chi connectivity index (χ2n) is 20.5. The van der Waals surface area contributed by atoms with Crippen molar-refractivity contribution in [3.63, 3.8) is 0 Å². The number of fused-ring (bicyclic) bond motifs is 2. The smallest absolute Gasteiger partial charge is 0.295 e. The molecule has 4 saturated carbocycles. The van der Waals surface area contributed by atoms with Gasteiger partial charge in [0, 0.05) is 44.4 Å². The minimum absolute atomic E-state index is 0. The highest BCUT2D eigenvalue weighted by Gasteiger charge is 2.44. The third kappa shape index (κ3) is 12.6. The molecule has 6 aromatic heterocycles. The third-order valence-electron chi connectivity index (χ3n) is 14.6. The Morgan fingerprint density at radius 1 is 0.617 bits per heavy atom. The van der Waals surface area contributed by atoms with Crippen molar-refractivity contribution in [1.29, 1.82) is 0 Å². The Bertz CT molecular complexity index is 4030. The average Bonchev–Trinajstić information content (AvgIpc) is 4.31. The minimum Gasteiger partial charge on any atom is -0.480 e. The lowest BCUT2D eigenvalue weighted by Gasteiger charge is -2.18. The molecule has 0 spiro atoms. The SMILES string of the molecule is CCS(=O)(=O)c1ccc(CNc2nc3cnc(-c4c(OC)ncnc4C4CC4)nc3n(C3(C)CC3)c2=O)cc1.CCS(=O)(=O)c1ccc(CNc2nc3cnc(Cl)nc3n(C3(C)CC3)c2=O)cc1.COc1ncnc(C2CC2)c1Br.[B]. The molecule has 0 saturated heterocycles. The summed E-state index contributed by atoms with van der Waals surface area (Å²) < 4.78 is 62.9. The van der Waals surface area contributed by atoms with E-state index in [1.807, 2.05) is 13.8 Å². The maximum absolute atomic E-state index is 13.7. The normalized spacial score (nSPS) is 15.8. The van der Waals surface area contributed by atoms with Gasteiger partial charge in [-0.1, -0.05) is 38.1 Å². The molecule has 4 aliphatic rings. The van der Waals surface area contributed by atoms with E-state index in [2.05, 4.69) is 71.4 Å². The van der Waals surface area contributed by atoms with E-state index in [1.165, 1.54) is 25.4 Å². The van der Waals surface area contributed by atoms with E-state index >= 15 is 0 Å². The summed E-state index contributed by atoms with van der Waals surface area (Å²) in [6.45, 7) is 7.89. The highest BCUT2D eigenvalue weighted by molar-refractivity contribution is 9.10. The number of methoxy groups -OCH3 is 2. The summed E-state index contributed by atoms with van der Waals surface area (Å²) in [6, 6.07) is 13.2. The first-order chi connectivity index (χ1) is 38.3. The van der Waals surface area contributed by atoms with Gasteiger partial charge in [-0.3, -0.25) is 18.7 Å². The van der Waals surface area contributed by atoms with Gasteiger partial charge < -0.3 is 20.1 Å². The topological polar surface area (TPSA) is 284 Å². The standard InChI is InChI=1S/C27H29N7O4S.C19H20ClN5O3S.C8H9BrN2O.B/c1-4-39(36,37)18-9-5-16(6-10-18)13-28-23-26(35)34(27(2)11-12-27)24-19(32-23)14-29-22(33-24)20-21(17-7-8-17)30-15-31-25(20)38-3;1-3-29(27,28)13-6-4-12(5-7-13)10-21-15-17(26)25(19(2)8-9-19)16-14(23-15)11-22-18(20)24-16;1-12-8-6(9)7(5-2-3-5)10-4-11-8;/h5-6,9-10,14-15,17H,4,7-8,11-13H2,1-3H3,(H,28,32);4-7,11H,3,8-10H2,1-2H3,(H,21,23);4-5H,2-3H2,1H3;. The third-order valence-corrected chi connectivity index (χ3v) is 19.0. The van der Waals surface area contributed by atoms with Crippen molar-refractivity contribution in [2.45, 2.75) is 125 Å². The molecule has 0 unspecified atom stereocenters. The first kappa shape index (κ1) is 58.6. The first-order valence-electron chi connectivity index (χ1n) is 26.1. The van der Waals surface area contributed by atoms with Gasteiger partial charge in [0.15, 0.2) is 48.4 Å². The molecule has 81 heavy (non-hydrogen) atoms.